The van der Waals surface area contributed by atoms with Gasteiger partial charge in [0, 0.05) is 19.5 Å². The Hall–Kier alpha value is -1.71. The molecule has 0 saturated carbocycles. The standard InChI is InChI=1S/C18H27NO3/c1-3-21-16-9-4-5-10-17(16)22-13-7-11-18(20)19-12-6-8-15(2)14-19/h4-5,9-10,15H,3,6-8,11-14H2,1-2H3. The number of benzene rings is 1. The number of carbonyl (C=O) groups is 1. The fraction of sp³-hybridized carbons (Fsp3) is 0.611. The summed E-state index contributed by atoms with van der Waals surface area (Å²) in [6.45, 7) is 7.15. The molecule has 122 valence electrons. The van der Waals surface area contributed by atoms with E-state index in [9.17, 15) is 4.79 Å². The first-order chi connectivity index (χ1) is 10.7. The van der Waals surface area contributed by atoms with Crippen molar-refractivity contribution in [3.8, 4) is 11.5 Å². The summed E-state index contributed by atoms with van der Waals surface area (Å²) in [5.74, 6) is 2.41. The Morgan fingerprint density at radius 1 is 1.27 bits per heavy atom. The molecule has 1 heterocycles. The average molecular weight is 305 g/mol. The van der Waals surface area contributed by atoms with E-state index in [1.165, 1.54) is 6.42 Å². The van der Waals surface area contributed by atoms with Crippen LogP contribution >= 0.6 is 0 Å². The van der Waals surface area contributed by atoms with Gasteiger partial charge in [-0.2, -0.15) is 0 Å². The van der Waals surface area contributed by atoms with Gasteiger partial charge in [-0.1, -0.05) is 19.1 Å². The van der Waals surface area contributed by atoms with E-state index in [0.717, 1.165) is 37.4 Å². The minimum atomic E-state index is 0.258. The summed E-state index contributed by atoms with van der Waals surface area (Å²) in [5, 5.41) is 0. The smallest absolute Gasteiger partial charge is 0.222 e. The van der Waals surface area contributed by atoms with Crippen LogP contribution in [0.1, 0.15) is 39.5 Å². The van der Waals surface area contributed by atoms with Crippen LogP contribution in [0.25, 0.3) is 0 Å². The Balaban J connectivity index is 1.71. The summed E-state index contributed by atoms with van der Waals surface area (Å²) in [5.41, 5.74) is 0. The molecule has 0 radical (unpaired) electrons. The molecule has 1 aromatic carbocycles. The first-order valence-corrected chi connectivity index (χ1v) is 8.33. The Labute approximate surface area is 133 Å². The lowest BCUT2D eigenvalue weighted by atomic mass is 10.00. The Morgan fingerprint density at radius 2 is 2.00 bits per heavy atom. The Kier molecular flexibility index (Phi) is 6.56. The van der Waals surface area contributed by atoms with Crippen molar-refractivity contribution >= 4 is 5.91 Å². The predicted octanol–water partition coefficient (Wildman–Crippen LogP) is 3.50. The van der Waals surface area contributed by atoms with Crippen molar-refractivity contribution in [3.05, 3.63) is 24.3 Å². The zero-order chi connectivity index (χ0) is 15.8. The summed E-state index contributed by atoms with van der Waals surface area (Å²) in [4.78, 5) is 14.2. The highest BCUT2D eigenvalue weighted by Gasteiger charge is 2.20. The van der Waals surface area contributed by atoms with E-state index in [1.807, 2.05) is 36.1 Å². The van der Waals surface area contributed by atoms with Crippen molar-refractivity contribution in [3.63, 3.8) is 0 Å². The van der Waals surface area contributed by atoms with Gasteiger partial charge in [-0.25, -0.2) is 0 Å². The molecule has 4 heteroatoms. The molecule has 22 heavy (non-hydrogen) atoms. The lowest BCUT2D eigenvalue weighted by molar-refractivity contribution is -0.133. The van der Waals surface area contributed by atoms with Crippen LogP contribution in [0.4, 0.5) is 0 Å². The lowest BCUT2D eigenvalue weighted by Gasteiger charge is -2.31. The molecule has 0 bridgehead atoms. The van der Waals surface area contributed by atoms with Gasteiger partial charge in [0.05, 0.1) is 13.2 Å². The highest BCUT2D eigenvalue weighted by Crippen LogP contribution is 2.26. The Morgan fingerprint density at radius 3 is 2.68 bits per heavy atom. The monoisotopic (exact) mass is 305 g/mol. The molecule has 0 N–H and O–H groups in total. The van der Waals surface area contributed by atoms with Crippen molar-refractivity contribution in [2.45, 2.75) is 39.5 Å². The molecule has 4 nitrogen and oxygen atoms in total. The third kappa shape index (κ3) is 4.93. The van der Waals surface area contributed by atoms with E-state index in [1.54, 1.807) is 0 Å². The molecule has 0 aliphatic carbocycles. The molecule has 2 rings (SSSR count). The second-order valence-electron chi connectivity index (χ2n) is 5.92. The number of ether oxygens (including phenoxy) is 2. The SMILES string of the molecule is CCOc1ccccc1OCCCC(=O)N1CCCC(C)C1. The zero-order valence-corrected chi connectivity index (χ0v) is 13.7. The number of carbonyl (C=O) groups excluding carboxylic acids is 1. The minimum Gasteiger partial charge on any atom is -0.490 e. The van der Waals surface area contributed by atoms with Gasteiger partial charge in [-0.3, -0.25) is 4.79 Å². The average Bonchev–Trinajstić information content (AvgIpc) is 2.53. The molecule has 1 saturated heterocycles. The molecule has 1 aliphatic rings. The van der Waals surface area contributed by atoms with Crippen LogP contribution in [0.15, 0.2) is 24.3 Å². The van der Waals surface area contributed by atoms with Crippen LogP contribution in [0, 0.1) is 5.92 Å². The van der Waals surface area contributed by atoms with Gasteiger partial charge in [0.15, 0.2) is 11.5 Å². The van der Waals surface area contributed by atoms with Gasteiger partial charge in [-0.15, -0.1) is 0 Å². The number of rotatable bonds is 7. The lowest BCUT2D eigenvalue weighted by Crippen LogP contribution is -2.39. The van der Waals surface area contributed by atoms with Gasteiger partial charge in [0.25, 0.3) is 0 Å². The van der Waals surface area contributed by atoms with Gasteiger partial charge >= 0.3 is 0 Å². The van der Waals surface area contributed by atoms with E-state index in [-0.39, 0.29) is 5.91 Å². The largest absolute Gasteiger partial charge is 0.490 e. The van der Waals surface area contributed by atoms with Gasteiger partial charge in [0.2, 0.25) is 5.91 Å². The summed E-state index contributed by atoms with van der Waals surface area (Å²) in [7, 11) is 0. The maximum atomic E-state index is 12.2. The molecule has 0 spiro atoms. The van der Waals surface area contributed by atoms with Crippen molar-refractivity contribution in [2.75, 3.05) is 26.3 Å². The predicted molar refractivity (Wildman–Crippen MR) is 87.3 cm³/mol. The number of para-hydroxylation sites is 2. The zero-order valence-electron chi connectivity index (χ0n) is 13.7. The fourth-order valence-electron chi connectivity index (χ4n) is 2.82. The van der Waals surface area contributed by atoms with Crippen LogP contribution in [-0.2, 0) is 4.79 Å². The highest BCUT2D eigenvalue weighted by molar-refractivity contribution is 5.76. The molecule has 1 amide bonds. The molecule has 0 aromatic heterocycles. The number of amides is 1. The molecule has 1 aliphatic heterocycles. The summed E-state index contributed by atoms with van der Waals surface area (Å²) < 4.78 is 11.3. The summed E-state index contributed by atoms with van der Waals surface area (Å²) in [6.07, 6.45) is 3.67. The third-order valence-corrected chi connectivity index (χ3v) is 3.95. The second-order valence-corrected chi connectivity index (χ2v) is 5.92. The van der Waals surface area contributed by atoms with Crippen LogP contribution in [0.5, 0.6) is 11.5 Å². The van der Waals surface area contributed by atoms with Crippen molar-refractivity contribution in [1.82, 2.24) is 4.90 Å². The molecule has 1 fully saturated rings. The first kappa shape index (κ1) is 16.7. The summed E-state index contributed by atoms with van der Waals surface area (Å²) in [6, 6.07) is 7.66. The maximum absolute atomic E-state index is 12.2. The highest BCUT2D eigenvalue weighted by atomic mass is 16.5. The first-order valence-electron chi connectivity index (χ1n) is 8.33. The topological polar surface area (TPSA) is 38.8 Å². The number of nitrogens with zero attached hydrogens (tertiary/aromatic N) is 1. The van der Waals surface area contributed by atoms with E-state index in [0.29, 0.717) is 25.6 Å². The minimum absolute atomic E-state index is 0.258. The van der Waals surface area contributed by atoms with E-state index >= 15 is 0 Å². The van der Waals surface area contributed by atoms with Crippen molar-refractivity contribution in [2.24, 2.45) is 5.92 Å². The van der Waals surface area contributed by atoms with Crippen LogP contribution in [0.2, 0.25) is 0 Å². The third-order valence-electron chi connectivity index (χ3n) is 3.95. The van der Waals surface area contributed by atoms with Crippen molar-refractivity contribution < 1.29 is 14.3 Å². The van der Waals surface area contributed by atoms with Crippen molar-refractivity contribution in [1.29, 1.82) is 0 Å². The van der Waals surface area contributed by atoms with Gasteiger partial charge < -0.3 is 14.4 Å². The van der Waals surface area contributed by atoms with Gasteiger partial charge in [-0.05, 0) is 44.2 Å². The van der Waals surface area contributed by atoms with E-state index in [4.69, 9.17) is 9.47 Å². The number of hydrogen-bond acceptors (Lipinski definition) is 3. The Bertz CT molecular complexity index is 475. The molecule has 1 unspecified atom stereocenters. The molecule has 1 atom stereocenters. The summed E-state index contributed by atoms with van der Waals surface area (Å²) >= 11 is 0. The van der Waals surface area contributed by atoms with Crippen LogP contribution in [0.3, 0.4) is 0 Å². The fourth-order valence-corrected chi connectivity index (χ4v) is 2.82. The van der Waals surface area contributed by atoms with Crippen LogP contribution in [-0.4, -0.2) is 37.1 Å². The second kappa shape index (κ2) is 8.66. The number of hydrogen-bond donors (Lipinski definition) is 0. The molecule has 1 aromatic rings. The maximum Gasteiger partial charge on any atom is 0.222 e. The van der Waals surface area contributed by atoms with Crippen LogP contribution < -0.4 is 9.47 Å². The number of likely N-dealkylation sites (tertiary alicyclic amines) is 1. The van der Waals surface area contributed by atoms with E-state index in [2.05, 4.69) is 6.92 Å². The normalized spacial score (nSPS) is 18.1. The number of piperidine rings is 1. The van der Waals surface area contributed by atoms with E-state index < -0.39 is 0 Å². The van der Waals surface area contributed by atoms with Gasteiger partial charge in [0.1, 0.15) is 0 Å². The quantitative estimate of drug-likeness (QED) is 0.724. The molecular formula is C18H27NO3. The molecular weight excluding hydrogens is 278 g/mol.